The van der Waals surface area contributed by atoms with E-state index < -0.39 is 5.97 Å². The van der Waals surface area contributed by atoms with Crippen molar-refractivity contribution in [1.82, 2.24) is 4.98 Å². The van der Waals surface area contributed by atoms with Crippen molar-refractivity contribution in [2.75, 3.05) is 5.73 Å². The highest BCUT2D eigenvalue weighted by atomic mass is 32.2. The van der Waals surface area contributed by atoms with Gasteiger partial charge >= 0.3 is 5.97 Å². The number of thioether (sulfide) groups is 1. The Morgan fingerprint density at radius 3 is 3.07 bits per heavy atom. The Kier molecular flexibility index (Phi) is 4.42. The fourth-order valence-corrected chi connectivity index (χ4v) is 2.02. The number of nitrogens with two attached hydrogens (primary N) is 1. The molecule has 0 aliphatic rings. The van der Waals surface area contributed by atoms with Gasteiger partial charge in [0.2, 0.25) is 0 Å². The lowest BCUT2D eigenvalue weighted by Crippen LogP contribution is -2.03. The summed E-state index contributed by atoms with van der Waals surface area (Å²) in [5.41, 5.74) is 6.37. The van der Waals surface area contributed by atoms with Gasteiger partial charge in [0.25, 0.3) is 0 Å². The van der Waals surface area contributed by atoms with Crippen LogP contribution in [-0.4, -0.2) is 21.3 Å². The summed E-state index contributed by atoms with van der Waals surface area (Å²) in [4.78, 5) is 14.5. The lowest BCUT2D eigenvalue weighted by atomic mass is 10.2. The third-order valence-electron chi connectivity index (χ3n) is 1.88. The highest BCUT2D eigenvalue weighted by Gasteiger charge is 2.09. The van der Waals surface area contributed by atoms with E-state index in [4.69, 9.17) is 10.8 Å². The molecule has 1 aromatic heterocycles. The summed E-state index contributed by atoms with van der Waals surface area (Å²) in [6.07, 6.45) is 2.49. The smallest absolute Gasteiger partial charge is 0.303 e. The number of nitrogens with zero attached hydrogens (tertiary/aromatic N) is 1. The van der Waals surface area contributed by atoms with Crippen molar-refractivity contribution in [3.8, 4) is 0 Å². The van der Waals surface area contributed by atoms with Crippen LogP contribution in [0.5, 0.6) is 0 Å². The Morgan fingerprint density at radius 1 is 1.73 bits per heavy atom. The molecule has 1 heterocycles. The molecule has 1 unspecified atom stereocenters. The van der Waals surface area contributed by atoms with E-state index in [9.17, 15) is 4.79 Å². The molecule has 1 rings (SSSR count). The van der Waals surface area contributed by atoms with Crippen LogP contribution in [0.25, 0.3) is 0 Å². The largest absolute Gasteiger partial charge is 0.481 e. The van der Waals surface area contributed by atoms with Crippen LogP contribution >= 0.6 is 11.8 Å². The van der Waals surface area contributed by atoms with Crippen LogP contribution in [0.1, 0.15) is 19.8 Å². The molecule has 0 saturated carbocycles. The van der Waals surface area contributed by atoms with Crippen LogP contribution < -0.4 is 5.73 Å². The highest BCUT2D eigenvalue weighted by Crippen LogP contribution is 2.28. The van der Waals surface area contributed by atoms with Gasteiger partial charge in [-0.3, -0.25) is 4.79 Å². The van der Waals surface area contributed by atoms with Crippen molar-refractivity contribution in [2.24, 2.45) is 0 Å². The highest BCUT2D eigenvalue weighted by molar-refractivity contribution is 8.00. The lowest BCUT2D eigenvalue weighted by Gasteiger charge is -2.10. The molecule has 0 saturated heterocycles. The van der Waals surface area contributed by atoms with E-state index in [1.165, 1.54) is 11.8 Å². The first kappa shape index (κ1) is 11.8. The minimum absolute atomic E-state index is 0.181. The standard InChI is InChI=1S/C10H14N2O2S/c1-7(4-5-9(13)14)15-10-8(11)3-2-6-12-10/h2-3,6-7H,4-5,11H2,1H3,(H,13,14). The predicted octanol–water partition coefficient (Wildman–Crippen LogP) is 2.01. The molecule has 0 aliphatic heterocycles. The molecule has 0 bridgehead atoms. The van der Waals surface area contributed by atoms with Crippen molar-refractivity contribution in [3.05, 3.63) is 18.3 Å². The van der Waals surface area contributed by atoms with Gasteiger partial charge in [0.05, 0.1) is 5.69 Å². The second kappa shape index (κ2) is 5.60. The normalized spacial score (nSPS) is 12.3. The second-order valence-corrected chi connectivity index (χ2v) is 4.69. The fraction of sp³-hybridized carbons (Fsp3) is 0.400. The number of nitrogen functional groups attached to an aromatic ring is 1. The number of carbonyl (C=O) groups is 1. The molecule has 0 aliphatic carbocycles. The van der Waals surface area contributed by atoms with E-state index in [-0.39, 0.29) is 11.7 Å². The maximum absolute atomic E-state index is 10.4. The summed E-state index contributed by atoms with van der Waals surface area (Å²) in [5, 5.41) is 9.51. The lowest BCUT2D eigenvalue weighted by molar-refractivity contribution is -0.137. The Labute approximate surface area is 92.9 Å². The predicted molar refractivity (Wildman–Crippen MR) is 60.8 cm³/mol. The van der Waals surface area contributed by atoms with Crippen LogP contribution in [0.4, 0.5) is 5.69 Å². The number of aliphatic carboxylic acids is 1. The second-order valence-electron chi connectivity index (χ2n) is 3.26. The Balaban J connectivity index is 2.47. The SMILES string of the molecule is CC(CCC(=O)O)Sc1ncccc1N. The average Bonchev–Trinajstić information content (AvgIpc) is 2.18. The molecule has 82 valence electrons. The molecule has 0 amide bonds. The molecular weight excluding hydrogens is 212 g/mol. The summed E-state index contributed by atoms with van der Waals surface area (Å²) in [7, 11) is 0. The first-order valence-electron chi connectivity index (χ1n) is 4.68. The van der Waals surface area contributed by atoms with Crippen molar-refractivity contribution in [3.63, 3.8) is 0 Å². The molecule has 5 heteroatoms. The van der Waals surface area contributed by atoms with E-state index in [2.05, 4.69) is 4.98 Å². The maximum Gasteiger partial charge on any atom is 0.303 e. The van der Waals surface area contributed by atoms with Crippen molar-refractivity contribution < 1.29 is 9.90 Å². The molecule has 1 atom stereocenters. The number of carboxylic acid groups (broad SMARTS) is 1. The number of rotatable bonds is 5. The Bertz CT molecular complexity index is 344. The van der Waals surface area contributed by atoms with Gasteiger partial charge in [0, 0.05) is 17.9 Å². The molecule has 1 aromatic rings. The summed E-state index contributed by atoms with van der Waals surface area (Å²) >= 11 is 1.51. The van der Waals surface area contributed by atoms with E-state index in [0.29, 0.717) is 12.1 Å². The van der Waals surface area contributed by atoms with Crippen molar-refractivity contribution >= 4 is 23.4 Å². The minimum atomic E-state index is -0.767. The third kappa shape index (κ3) is 4.20. The number of pyridine rings is 1. The number of hydrogen-bond acceptors (Lipinski definition) is 4. The molecule has 15 heavy (non-hydrogen) atoms. The maximum atomic E-state index is 10.4. The summed E-state index contributed by atoms with van der Waals surface area (Å²) in [6.45, 7) is 1.97. The molecule has 0 fully saturated rings. The molecular formula is C10H14N2O2S. The van der Waals surface area contributed by atoms with E-state index in [0.717, 1.165) is 5.03 Å². The first-order valence-corrected chi connectivity index (χ1v) is 5.56. The summed E-state index contributed by atoms with van der Waals surface area (Å²) < 4.78 is 0. The van der Waals surface area contributed by atoms with Crippen LogP contribution in [0.3, 0.4) is 0 Å². The quantitative estimate of drug-likeness (QED) is 0.751. The molecule has 3 N–H and O–H groups in total. The fourth-order valence-electron chi connectivity index (χ4n) is 1.08. The first-order chi connectivity index (χ1) is 7.09. The van der Waals surface area contributed by atoms with E-state index >= 15 is 0 Å². The van der Waals surface area contributed by atoms with Crippen LogP contribution in [0, 0.1) is 0 Å². The number of hydrogen-bond donors (Lipinski definition) is 2. The van der Waals surface area contributed by atoms with Crippen molar-refractivity contribution in [2.45, 2.75) is 30.0 Å². The molecule has 0 radical (unpaired) electrons. The van der Waals surface area contributed by atoms with Gasteiger partial charge < -0.3 is 10.8 Å². The van der Waals surface area contributed by atoms with Gasteiger partial charge in [-0.25, -0.2) is 4.98 Å². The van der Waals surface area contributed by atoms with Gasteiger partial charge in [0.15, 0.2) is 0 Å². The van der Waals surface area contributed by atoms with Crippen LogP contribution in [0.2, 0.25) is 0 Å². The zero-order valence-corrected chi connectivity index (χ0v) is 9.33. The number of anilines is 1. The number of aromatic nitrogens is 1. The minimum Gasteiger partial charge on any atom is -0.481 e. The van der Waals surface area contributed by atoms with Gasteiger partial charge in [-0.1, -0.05) is 6.92 Å². The molecule has 0 aromatic carbocycles. The molecule has 0 spiro atoms. The van der Waals surface area contributed by atoms with Gasteiger partial charge in [-0.2, -0.15) is 0 Å². The Hall–Kier alpha value is -1.23. The summed E-state index contributed by atoms with van der Waals surface area (Å²) in [6, 6.07) is 3.57. The Morgan fingerprint density at radius 2 is 2.47 bits per heavy atom. The summed E-state index contributed by atoms with van der Waals surface area (Å²) in [5.74, 6) is -0.767. The third-order valence-corrected chi connectivity index (χ3v) is 3.08. The van der Waals surface area contributed by atoms with E-state index in [1.807, 2.05) is 6.92 Å². The zero-order valence-electron chi connectivity index (χ0n) is 8.51. The van der Waals surface area contributed by atoms with E-state index in [1.54, 1.807) is 18.3 Å². The van der Waals surface area contributed by atoms with Gasteiger partial charge in [-0.05, 0) is 18.6 Å². The number of carboxylic acids is 1. The molecule has 4 nitrogen and oxygen atoms in total. The van der Waals surface area contributed by atoms with Crippen LogP contribution in [-0.2, 0) is 4.79 Å². The average molecular weight is 226 g/mol. The topological polar surface area (TPSA) is 76.2 Å². The van der Waals surface area contributed by atoms with Crippen LogP contribution in [0.15, 0.2) is 23.4 Å². The van der Waals surface area contributed by atoms with Crippen molar-refractivity contribution in [1.29, 1.82) is 0 Å². The van der Waals surface area contributed by atoms with Gasteiger partial charge in [0.1, 0.15) is 5.03 Å². The zero-order chi connectivity index (χ0) is 11.3. The van der Waals surface area contributed by atoms with Gasteiger partial charge in [-0.15, -0.1) is 11.8 Å². The monoisotopic (exact) mass is 226 g/mol.